The van der Waals surface area contributed by atoms with Gasteiger partial charge in [0.25, 0.3) is 5.91 Å². The summed E-state index contributed by atoms with van der Waals surface area (Å²) in [7, 11) is 3.49. The van der Waals surface area contributed by atoms with Gasteiger partial charge >= 0.3 is 0 Å². The van der Waals surface area contributed by atoms with Crippen molar-refractivity contribution in [3.05, 3.63) is 28.2 Å². The summed E-state index contributed by atoms with van der Waals surface area (Å²) in [6.45, 7) is 0.756. The quantitative estimate of drug-likeness (QED) is 0.855. The van der Waals surface area contributed by atoms with E-state index in [4.69, 9.17) is 4.74 Å². The molecule has 0 aromatic heterocycles. The summed E-state index contributed by atoms with van der Waals surface area (Å²) in [5, 5.41) is 0. The van der Waals surface area contributed by atoms with Gasteiger partial charge in [-0.3, -0.25) is 4.79 Å². The van der Waals surface area contributed by atoms with Gasteiger partial charge in [-0.1, -0.05) is 15.9 Å². The highest BCUT2D eigenvalue weighted by molar-refractivity contribution is 9.10. The highest BCUT2D eigenvalue weighted by Crippen LogP contribution is 2.30. The zero-order valence-electron chi connectivity index (χ0n) is 10.1. The highest BCUT2D eigenvalue weighted by atomic mass is 79.9. The molecule has 1 amide bonds. The molecule has 2 rings (SSSR count). The van der Waals surface area contributed by atoms with Crippen LogP contribution in [0.3, 0.4) is 0 Å². The standard InChI is InChI=1S/C13H16BrNO2/c1-15(2)13(16)10-5-11(14)7-12(6-10)17-8-9-3-4-9/h5-7,9H,3-4,8H2,1-2H3. The monoisotopic (exact) mass is 297 g/mol. The van der Waals surface area contributed by atoms with Crippen LogP contribution in [0, 0.1) is 5.92 Å². The molecule has 4 heteroatoms. The molecule has 0 saturated heterocycles. The molecule has 0 unspecified atom stereocenters. The van der Waals surface area contributed by atoms with Crippen molar-refractivity contribution < 1.29 is 9.53 Å². The molecule has 17 heavy (non-hydrogen) atoms. The number of rotatable bonds is 4. The lowest BCUT2D eigenvalue weighted by Crippen LogP contribution is -2.21. The Morgan fingerprint density at radius 1 is 1.41 bits per heavy atom. The van der Waals surface area contributed by atoms with Gasteiger partial charge < -0.3 is 9.64 Å². The molecule has 0 radical (unpaired) electrons. The Morgan fingerprint density at radius 2 is 2.12 bits per heavy atom. The van der Waals surface area contributed by atoms with Crippen molar-refractivity contribution in [2.75, 3.05) is 20.7 Å². The number of carbonyl (C=O) groups is 1. The Bertz CT molecular complexity index is 427. The third kappa shape index (κ3) is 3.46. The fraction of sp³-hybridized carbons (Fsp3) is 0.462. The first kappa shape index (κ1) is 12.4. The third-order valence-corrected chi connectivity index (χ3v) is 3.16. The number of benzene rings is 1. The second-order valence-corrected chi connectivity index (χ2v) is 5.55. The lowest BCUT2D eigenvalue weighted by Gasteiger charge is -2.12. The molecule has 1 aromatic carbocycles. The molecule has 0 N–H and O–H groups in total. The van der Waals surface area contributed by atoms with Gasteiger partial charge in [-0.15, -0.1) is 0 Å². The van der Waals surface area contributed by atoms with Gasteiger partial charge in [-0.05, 0) is 37.0 Å². The van der Waals surface area contributed by atoms with E-state index in [1.807, 2.05) is 12.1 Å². The topological polar surface area (TPSA) is 29.5 Å². The van der Waals surface area contributed by atoms with E-state index in [2.05, 4.69) is 15.9 Å². The van der Waals surface area contributed by atoms with Crippen LogP contribution in [-0.4, -0.2) is 31.5 Å². The minimum absolute atomic E-state index is 0.0115. The third-order valence-electron chi connectivity index (χ3n) is 2.71. The molecule has 92 valence electrons. The zero-order chi connectivity index (χ0) is 12.4. The molecule has 3 nitrogen and oxygen atoms in total. The maximum Gasteiger partial charge on any atom is 0.253 e. The largest absolute Gasteiger partial charge is 0.493 e. The Kier molecular flexibility index (Phi) is 3.72. The summed E-state index contributed by atoms with van der Waals surface area (Å²) in [5.41, 5.74) is 0.648. The predicted molar refractivity (Wildman–Crippen MR) is 70.4 cm³/mol. The summed E-state index contributed by atoms with van der Waals surface area (Å²) in [4.78, 5) is 13.4. The van der Waals surface area contributed by atoms with Crippen LogP contribution in [0.15, 0.2) is 22.7 Å². The van der Waals surface area contributed by atoms with E-state index in [0.717, 1.165) is 16.8 Å². The van der Waals surface area contributed by atoms with Crippen LogP contribution in [-0.2, 0) is 0 Å². The molecule has 0 aliphatic heterocycles. The molecular formula is C13H16BrNO2. The van der Waals surface area contributed by atoms with Crippen molar-refractivity contribution in [2.24, 2.45) is 5.92 Å². The first-order chi connectivity index (χ1) is 8.06. The SMILES string of the molecule is CN(C)C(=O)c1cc(Br)cc(OCC2CC2)c1. The first-order valence-electron chi connectivity index (χ1n) is 5.71. The summed E-state index contributed by atoms with van der Waals surface area (Å²) < 4.78 is 6.55. The van der Waals surface area contributed by atoms with Crippen LogP contribution in [0.2, 0.25) is 0 Å². The van der Waals surface area contributed by atoms with Crippen molar-refractivity contribution in [1.29, 1.82) is 0 Å². The van der Waals surface area contributed by atoms with Crippen LogP contribution >= 0.6 is 15.9 Å². The van der Waals surface area contributed by atoms with E-state index in [1.54, 1.807) is 25.1 Å². The van der Waals surface area contributed by atoms with Crippen LogP contribution in [0.1, 0.15) is 23.2 Å². The van der Waals surface area contributed by atoms with E-state index in [0.29, 0.717) is 11.5 Å². The van der Waals surface area contributed by atoms with E-state index in [-0.39, 0.29) is 5.91 Å². The number of hydrogen-bond acceptors (Lipinski definition) is 2. The molecule has 0 atom stereocenters. The molecule has 1 fully saturated rings. The zero-order valence-corrected chi connectivity index (χ0v) is 11.7. The van der Waals surface area contributed by atoms with Gasteiger partial charge in [-0.2, -0.15) is 0 Å². The molecular weight excluding hydrogens is 282 g/mol. The van der Waals surface area contributed by atoms with Crippen molar-refractivity contribution in [3.8, 4) is 5.75 Å². The second kappa shape index (κ2) is 5.08. The summed E-state index contributed by atoms with van der Waals surface area (Å²) in [5.74, 6) is 1.46. The number of ether oxygens (including phenoxy) is 1. The van der Waals surface area contributed by atoms with Gasteiger partial charge in [0.05, 0.1) is 6.61 Å². The Hall–Kier alpha value is -1.03. The lowest BCUT2D eigenvalue weighted by atomic mass is 10.2. The van der Waals surface area contributed by atoms with Crippen LogP contribution in [0.4, 0.5) is 0 Å². The Labute approximate surface area is 110 Å². The predicted octanol–water partition coefficient (Wildman–Crippen LogP) is 2.94. The number of halogens is 1. The van der Waals surface area contributed by atoms with Gasteiger partial charge in [-0.25, -0.2) is 0 Å². The molecule has 1 aliphatic rings. The van der Waals surface area contributed by atoms with Gasteiger partial charge in [0.2, 0.25) is 0 Å². The smallest absolute Gasteiger partial charge is 0.253 e. The number of nitrogens with zero attached hydrogens (tertiary/aromatic N) is 1. The maximum atomic E-state index is 11.8. The molecule has 0 heterocycles. The lowest BCUT2D eigenvalue weighted by molar-refractivity contribution is 0.0827. The Balaban J connectivity index is 2.12. The van der Waals surface area contributed by atoms with Gasteiger partial charge in [0, 0.05) is 24.1 Å². The number of amides is 1. The maximum absolute atomic E-state index is 11.8. The van der Waals surface area contributed by atoms with Crippen LogP contribution in [0.5, 0.6) is 5.75 Å². The molecule has 1 aromatic rings. The van der Waals surface area contributed by atoms with Crippen molar-refractivity contribution >= 4 is 21.8 Å². The first-order valence-corrected chi connectivity index (χ1v) is 6.50. The van der Waals surface area contributed by atoms with Gasteiger partial charge in [0.15, 0.2) is 0 Å². The minimum Gasteiger partial charge on any atom is -0.493 e. The summed E-state index contributed by atoms with van der Waals surface area (Å²) in [6, 6.07) is 5.51. The van der Waals surface area contributed by atoms with Crippen molar-refractivity contribution in [1.82, 2.24) is 4.90 Å². The van der Waals surface area contributed by atoms with Gasteiger partial charge in [0.1, 0.15) is 5.75 Å². The van der Waals surface area contributed by atoms with E-state index in [1.165, 1.54) is 12.8 Å². The van der Waals surface area contributed by atoms with E-state index >= 15 is 0 Å². The summed E-state index contributed by atoms with van der Waals surface area (Å²) >= 11 is 3.40. The van der Waals surface area contributed by atoms with E-state index in [9.17, 15) is 4.79 Å². The molecule has 0 spiro atoms. The molecule has 1 aliphatic carbocycles. The molecule has 0 bridgehead atoms. The summed E-state index contributed by atoms with van der Waals surface area (Å²) in [6.07, 6.45) is 2.52. The normalized spacial score (nSPS) is 14.5. The molecule has 1 saturated carbocycles. The van der Waals surface area contributed by atoms with Crippen molar-refractivity contribution in [2.45, 2.75) is 12.8 Å². The number of hydrogen-bond donors (Lipinski definition) is 0. The van der Waals surface area contributed by atoms with Crippen LogP contribution in [0.25, 0.3) is 0 Å². The average Bonchev–Trinajstić information content (AvgIpc) is 3.08. The Morgan fingerprint density at radius 3 is 2.71 bits per heavy atom. The number of carbonyl (C=O) groups excluding carboxylic acids is 1. The second-order valence-electron chi connectivity index (χ2n) is 4.63. The van der Waals surface area contributed by atoms with E-state index < -0.39 is 0 Å². The fourth-order valence-corrected chi connectivity index (χ4v) is 2.00. The van der Waals surface area contributed by atoms with Crippen molar-refractivity contribution in [3.63, 3.8) is 0 Å². The van der Waals surface area contributed by atoms with Crippen LogP contribution < -0.4 is 4.74 Å². The fourth-order valence-electron chi connectivity index (χ4n) is 1.53. The average molecular weight is 298 g/mol. The minimum atomic E-state index is -0.0115. The highest BCUT2D eigenvalue weighted by Gasteiger charge is 2.22.